The molecular weight excluding hydrogens is 262 g/mol. The van der Waals surface area contributed by atoms with Crippen LogP contribution in [0, 0.1) is 0 Å². The summed E-state index contributed by atoms with van der Waals surface area (Å²) in [6.45, 7) is 0. The van der Waals surface area contributed by atoms with Gasteiger partial charge in [-0.25, -0.2) is 0 Å². The van der Waals surface area contributed by atoms with Crippen molar-refractivity contribution in [2.24, 2.45) is 0 Å². The summed E-state index contributed by atoms with van der Waals surface area (Å²) in [6.07, 6.45) is 6.27. The number of hydrogen-bond donors (Lipinski definition) is 0. The van der Waals surface area contributed by atoms with Crippen molar-refractivity contribution in [2.75, 3.05) is 0 Å². The van der Waals surface area contributed by atoms with Crippen LogP contribution >= 0.6 is 0 Å². The first kappa shape index (κ1) is 12.3. The average molecular weight is 277 g/mol. The number of aromatic nitrogens is 1. The Morgan fingerprint density at radius 3 is 3.05 bits per heavy atom. The topological polar surface area (TPSA) is 43.1 Å². The minimum absolute atomic E-state index is 0.125. The molecule has 1 unspecified atom stereocenters. The Kier molecular flexibility index (Phi) is 2.85. The quantitative estimate of drug-likeness (QED) is 0.661. The molecule has 0 amide bonds. The van der Waals surface area contributed by atoms with Gasteiger partial charge in [0.05, 0.1) is 17.2 Å². The Morgan fingerprint density at radius 1 is 1.19 bits per heavy atom. The molecule has 0 N–H and O–H groups in total. The maximum absolute atomic E-state index is 12.9. The number of rotatable bonds is 2. The maximum Gasteiger partial charge on any atom is 0.175 e. The maximum atomic E-state index is 12.9. The second kappa shape index (κ2) is 4.85. The number of benzene rings is 1. The highest BCUT2D eigenvalue weighted by Gasteiger charge is 2.30. The van der Waals surface area contributed by atoms with Crippen LogP contribution in [0.15, 0.2) is 53.3 Å². The molecule has 0 aliphatic heterocycles. The summed E-state index contributed by atoms with van der Waals surface area (Å²) < 4.78 is 5.51. The number of fused-ring (bicyclic) bond motifs is 2. The molecule has 0 saturated heterocycles. The average Bonchev–Trinajstić information content (AvgIpc) is 2.98. The molecule has 1 aliphatic carbocycles. The number of nitrogens with zero attached hydrogens (tertiary/aromatic N) is 1. The molecule has 2 aromatic heterocycles. The van der Waals surface area contributed by atoms with Crippen LogP contribution < -0.4 is 0 Å². The van der Waals surface area contributed by atoms with Crippen molar-refractivity contribution >= 4 is 16.8 Å². The Morgan fingerprint density at radius 2 is 2.10 bits per heavy atom. The van der Waals surface area contributed by atoms with Gasteiger partial charge in [-0.3, -0.25) is 9.78 Å². The number of furan rings is 1. The van der Waals surface area contributed by atoms with Gasteiger partial charge in [0, 0.05) is 11.6 Å². The van der Waals surface area contributed by atoms with Crippen LogP contribution in [-0.2, 0) is 6.42 Å². The van der Waals surface area contributed by atoms with Gasteiger partial charge in [-0.2, -0.15) is 0 Å². The summed E-state index contributed by atoms with van der Waals surface area (Å²) in [5.41, 5.74) is 3.58. The van der Waals surface area contributed by atoms with Crippen LogP contribution in [0.5, 0.6) is 0 Å². The molecule has 104 valence electrons. The smallest absolute Gasteiger partial charge is 0.175 e. The number of para-hydroxylation sites is 1. The zero-order chi connectivity index (χ0) is 14.2. The summed E-state index contributed by atoms with van der Waals surface area (Å²) in [5, 5.41) is 0.894. The number of aryl methyl sites for hydroxylation is 1. The van der Waals surface area contributed by atoms with E-state index >= 15 is 0 Å². The predicted octanol–water partition coefficient (Wildman–Crippen LogP) is 4.13. The third kappa shape index (κ3) is 1.97. The van der Waals surface area contributed by atoms with E-state index in [1.807, 2.05) is 30.3 Å². The first-order valence-corrected chi connectivity index (χ1v) is 7.29. The van der Waals surface area contributed by atoms with E-state index in [1.54, 1.807) is 12.5 Å². The number of Topliss-reactive ketones (excluding diaryl/α,β-unsaturated/α-hetero) is 1. The van der Waals surface area contributed by atoms with E-state index in [0.717, 1.165) is 35.9 Å². The Labute approximate surface area is 122 Å². The normalized spacial score (nSPS) is 17.6. The lowest BCUT2D eigenvalue weighted by molar-refractivity contribution is 0.0949. The lowest BCUT2D eigenvalue weighted by Crippen LogP contribution is -2.20. The van der Waals surface area contributed by atoms with Crippen LogP contribution in [0.3, 0.4) is 0 Å². The summed E-state index contributed by atoms with van der Waals surface area (Å²) >= 11 is 0. The molecule has 4 rings (SSSR count). The van der Waals surface area contributed by atoms with E-state index in [9.17, 15) is 4.79 Å². The Hall–Kier alpha value is -2.42. The van der Waals surface area contributed by atoms with Gasteiger partial charge in [-0.1, -0.05) is 24.3 Å². The molecule has 0 spiro atoms. The number of carbonyl (C=O) groups excluding carboxylic acids is 1. The number of ketones is 1. The fraction of sp³-hybridized carbons (Fsp3) is 0.222. The van der Waals surface area contributed by atoms with E-state index in [-0.39, 0.29) is 11.7 Å². The highest BCUT2D eigenvalue weighted by Crippen LogP contribution is 2.34. The van der Waals surface area contributed by atoms with Crippen molar-refractivity contribution in [3.8, 4) is 0 Å². The molecule has 1 atom stereocenters. The summed E-state index contributed by atoms with van der Waals surface area (Å²) in [6, 6.07) is 11.7. The second-order valence-electron chi connectivity index (χ2n) is 5.50. The SMILES string of the molecule is O=C(c1coc2ccccc12)C1CCCc2cccnc21. The molecule has 3 aromatic rings. The van der Waals surface area contributed by atoms with Crippen molar-refractivity contribution in [3.63, 3.8) is 0 Å². The van der Waals surface area contributed by atoms with E-state index < -0.39 is 0 Å². The fourth-order valence-electron chi connectivity index (χ4n) is 3.22. The lowest BCUT2D eigenvalue weighted by Gasteiger charge is -2.22. The van der Waals surface area contributed by atoms with Gasteiger partial charge in [0.25, 0.3) is 0 Å². The van der Waals surface area contributed by atoms with Crippen molar-refractivity contribution < 1.29 is 9.21 Å². The van der Waals surface area contributed by atoms with E-state index in [4.69, 9.17) is 4.42 Å². The molecule has 21 heavy (non-hydrogen) atoms. The molecule has 0 bridgehead atoms. The Balaban J connectivity index is 1.79. The van der Waals surface area contributed by atoms with Gasteiger partial charge in [0.15, 0.2) is 5.78 Å². The molecule has 2 heterocycles. The number of hydrogen-bond acceptors (Lipinski definition) is 3. The van der Waals surface area contributed by atoms with Gasteiger partial charge in [-0.15, -0.1) is 0 Å². The van der Waals surface area contributed by atoms with Crippen LogP contribution in [0.4, 0.5) is 0 Å². The van der Waals surface area contributed by atoms with Crippen molar-refractivity contribution in [1.29, 1.82) is 0 Å². The largest absolute Gasteiger partial charge is 0.464 e. The van der Waals surface area contributed by atoms with E-state index in [2.05, 4.69) is 11.1 Å². The van der Waals surface area contributed by atoms with Gasteiger partial charge in [0.2, 0.25) is 0 Å². The third-order valence-electron chi connectivity index (χ3n) is 4.26. The second-order valence-corrected chi connectivity index (χ2v) is 5.50. The van der Waals surface area contributed by atoms with Gasteiger partial charge in [0.1, 0.15) is 11.8 Å². The van der Waals surface area contributed by atoms with Gasteiger partial charge < -0.3 is 4.42 Å². The molecular formula is C18H15NO2. The molecule has 0 fully saturated rings. The van der Waals surface area contributed by atoms with Crippen LogP contribution in [0.2, 0.25) is 0 Å². The monoisotopic (exact) mass is 277 g/mol. The van der Waals surface area contributed by atoms with Gasteiger partial charge >= 0.3 is 0 Å². The van der Waals surface area contributed by atoms with Crippen LogP contribution in [-0.4, -0.2) is 10.8 Å². The Bertz CT molecular complexity index is 819. The molecule has 3 nitrogen and oxygen atoms in total. The predicted molar refractivity (Wildman–Crippen MR) is 80.5 cm³/mol. The van der Waals surface area contributed by atoms with Crippen molar-refractivity contribution in [1.82, 2.24) is 4.98 Å². The number of carbonyl (C=O) groups is 1. The zero-order valence-corrected chi connectivity index (χ0v) is 11.6. The molecule has 3 heteroatoms. The third-order valence-corrected chi connectivity index (χ3v) is 4.26. The lowest BCUT2D eigenvalue weighted by atomic mass is 9.82. The first-order valence-electron chi connectivity index (χ1n) is 7.29. The summed E-state index contributed by atoms with van der Waals surface area (Å²) in [4.78, 5) is 17.4. The minimum atomic E-state index is -0.143. The minimum Gasteiger partial charge on any atom is -0.464 e. The molecule has 0 radical (unpaired) electrons. The highest BCUT2D eigenvalue weighted by atomic mass is 16.3. The molecule has 1 aliphatic rings. The van der Waals surface area contributed by atoms with Crippen LogP contribution in [0.25, 0.3) is 11.0 Å². The van der Waals surface area contributed by atoms with E-state index in [1.165, 1.54) is 5.56 Å². The van der Waals surface area contributed by atoms with E-state index in [0.29, 0.717) is 5.56 Å². The first-order chi connectivity index (χ1) is 10.3. The molecule has 0 saturated carbocycles. The van der Waals surface area contributed by atoms with Gasteiger partial charge in [-0.05, 0) is 37.0 Å². The zero-order valence-electron chi connectivity index (χ0n) is 11.6. The summed E-state index contributed by atoms with van der Waals surface area (Å²) in [7, 11) is 0. The van der Waals surface area contributed by atoms with Crippen molar-refractivity contribution in [3.05, 3.63) is 65.7 Å². The standard InChI is InChI=1S/C18H15NO2/c20-18(15-11-21-16-9-2-1-7-13(15)16)14-8-3-5-12-6-4-10-19-17(12)14/h1-2,4,6-7,9-11,14H,3,5,8H2. The number of pyridine rings is 1. The van der Waals surface area contributed by atoms with Crippen molar-refractivity contribution in [2.45, 2.75) is 25.2 Å². The van der Waals surface area contributed by atoms with Crippen LogP contribution in [0.1, 0.15) is 40.4 Å². The molecule has 1 aromatic carbocycles. The highest BCUT2D eigenvalue weighted by molar-refractivity contribution is 6.10. The fourth-order valence-corrected chi connectivity index (χ4v) is 3.22. The summed E-state index contributed by atoms with van der Waals surface area (Å²) in [5.74, 6) is -0.0180.